The molecule has 9 heteroatoms. The molecule has 0 radical (unpaired) electrons. The molecule has 2 atom stereocenters. The quantitative estimate of drug-likeness (QED) is 0.0203. The van der Waals surface area contributed by atoms with Crippen molar-refractivity contribution in [2.75, 3.05) is 47.5 Å². The molecule has 0 rings (SSSR count). The predicted octanol–water partition coefficient (Wildman–Crippen LogP) is 9.16. The van der Waals surface area contributed by atoms with Gasteiger partial charge in [-0.15, -0.1) is 0 Å². The van der Waals surface area contributed by atoms with E-state index in [4.69, 9.17) is 18.9 Å². The topological polar surface area (TPSA) is 111 Å². The fraction of sp³-hybridized carbons (Fsp3) is 0.837. The summed E-state index contributed by atoms with van der Waals surface area (Å²) in [5.41, 5.74) is 0. The predicted molar refractivity (Wildman–Crippen MR) is 209 cm³/mol. The summed E-state index contributed by atoms with van der Waals surface area (Å²) in [5.74, 6) is -2.31. The first-order valence-corrected chi connectivity index (χ1v) is 21.0. The molecule has 0 aliphatic heterocycles. The SMILES string of the molecule is CCCCC/C=C\CCCCCCCC(=O)OCC(COC(OCC[N+](C)(C)C)C(=O)[O-])OC(=O)CCCCCCC/C=C\CCCCCCCC. The van der Waals surface area contributed by atoms with Gasteiger partial charge in [0.05, 0.1) is 40.3 Å². The summed E-state index contributed by atoms with van der Waals surface area (Å²) in [7, 11) is 5.90. The fourth-order valence-corrected chi connectivity index (χ4v) is 5.58. The average Bonchev–Trinajstić information content (AvgIpc) is 3.09. The van der Waals surface area contributed by atoms with Crippen molar-refractivity contribution < 1.29 is 42.9 Å². The first kappa shape index (κ1) is 49.8. The van der Waals surface area contributed by atoms with Crippen LogP contribution >= 0.6 is 0 Å². The Balaban J connectivity index is 4.51. The van der Waals surface area contributed by atoms with Crippen molar-refractivity contribution in [2.45, 2.75) is 187 Å². The van der Waals surface area contributed by atoms with Gasteiger partial charge in [-0.25, -0.2) is 0 Å². The monoisotopic (exact) mass is 738 g/mol. The summed E-state index contributed by atoms with van der Waals surface area (Å²) >= 11 is 0. The molecule has 0 aliphatic carbocycles. The number of carbonyl (C=O) groups excluding carboxylic acids is 3. The average molecular weight is 738 g/mol. The number of likely N-dealkylation sites (N-methyl/N-ethyl adjacent to an activating group) is 1. The number of carboxylic acids is 1. The smallest absolute Gasteiger partial charge is 0.306 e. The van der Waals surface area contributed by atoms with Crippen molar-refractivity contribution in [1.29, 1.82) is 0 Å². The molecule has 304 valence electrons. The summed E-state index contributed by atoms with van der Waals surface area (Å²) < 4.78 is 22.5. The van der Waals surface area contributed by atoms with Gasteiger partial charge < -0.3 is 33.3 Å². The number of quaternary nitrogens is 1. The van der Waals surface area contributed by atoms with E-state index in [0.29, 0.717) is 17.4 Å². The van der Waals surface area contributed by atoms with Crippen molar-refractivity contribution in [3.05, 3.63) is 24.3 Å². The summed E-state index contributed by atoms with van der Waals surface area (Å²) in [6.45, 7) is 4.68. The number of carbonyl (C=O) groups is 3. The zero-order chi connectivity index (χ0) is 38.5. The Hall–Kier alpha value is -2.23. The molecule has 0 aromatic carbocycles. The van der Waals surface area contributed by atoms with E-state index < -0.39 is 24.3 Å². The highest BCUT2D eigenvalue weighted by Gasteiger charge is 2.21. The second kappa shape index (κ2) is 35.8. The number of ether oxygens (including phenoxy) is 4. The molecule has 0 spiro atoms. The maximum atomic E-state index is 12.7. The van der Waals surface area contributed by atoms with Gasteiger partial charge in [0, 0.05) is 12.8 Å². The van der Waals surface area contributed by atoms with Crippen LogP contribution < -0.4 is 5.11 Å². The van der Waals surface area contributed by atoms with E-state index in [1.165, 1.54) is 70.6 Å². The minimum absolute atomic E-state index is 0.146. The third-order valence-corrected chi connectivity index (χ3v) is 8.92. The van der Waals surface area contributed by atoms with Crippen molar-refractivity contribution in [1.82, 2.24) is 0 Å². The van der Waals surface area contributed by atoms with Gasteiger partial charge in [0.25, 0.3) is 0 Å². The summed E-state index contributed by atoms with van der Waals surface area (Å²) in [4.78, 5) is 36.8. The van der Waals surface area contributed by atoms with Gasteiger partial charge >= 0.3 is 11.9 Å². The first-order valence-electron chi connectivity index (χ1n) is 21.0. The number of hydrogen-bond acceptors (Lipinski definition) is 8. The van der Waals surface area contributed by atoms with Crippen LogP contribution in [0.5, 0.6) is 0 Å². The molecule has 9 nitrogen and oxygen atoms in total. The van der Waals surface area contributed by atoms with Gasteiger partial charge in [-0.1, -0.05) is 122 Å². The third-order valence-electron chi connectivity index (χ3n) is 8.92. The van der Waals surface area contributed by atoms with Crippen LogP contribution in [0.4, 0.5) is 0 Å². The normalized spacial score (nSPS) is 13.2. The molecular formula is C43H79NO8. The highest BCUT2D eigenvalue weighted by atomic mass is 16.7. The number of nitrogens with zero attached hydrogens (tertiary/aromatic N) is 1. The van der Waals surface area contributed by atoms with E-state index in [0.717, 1.165) is 70.6 Å². The zero-order valence-electron chi connectivity index (χ0n) is 34.2. The second-order valence-electron chi connectivity index (χ2n) is 15.3. The van der Waals surface area contributed by atoms with E-state index in [1.54, 1.807) is 0 Å². The number of unbranched alkanes of at least 4 members (excludes halogenated alkanes) is 19. The highest BCUT2D eigenvalue weighted by Crippen LogP contribution is 2.13. The summed E-state index contributed by atoms with van der Waals surface area (Å²) in [6, 6.07) is 0. The lowest BCUT2D eigenvalue weighted by molar-refractivity contribution is -0.870. The van der Waals surface area contributed by atoms with Crippen LogP contribution in [-0.4, -0.2) is 82.3 Å². The second-order valence-corrected chi connectivity index (χ2v) is 15.3. The lowest BCUT2D eigenvalue weighted by Gasteiger charge is -2.26. The fourth-order valence-electron chi connectivity index (χ4n) is 5.58. The molecule has 2 unspecified atom stereocenters. The Labute approximate surface area is 318 Å². The molecule has 0 amide bonds. The molecule has 0 fully saturated rings. The van der Waals surface area contributed by atoms with Gasteiger partial charge in [-0.2, -0.15) is 0 Å². The zero-order valence-corrected chi connectivity index (χ0v) is 34.2. The maximum absolute atomic E-state index is 12.7. The lowest BCUT2D eigenvalue weighted by atomic mass is 10.1. The van der Waals surface area contributed by atoms with Gasteiger partial charge in [0.15, 0.2) is 12.4 Å². The number of rotatable bonds is 38. The Bertz CT molecular complexity index is 913. The number of allylic oxidation sites excluding steroid dienone is 4. The molecule has 0 aromatic rings. The van der Waals surface area contributed by atoms with Crippen molar-refractivity contribution in [3.8, 4) is 0 Å². The first-order chi connectivity index (χ1) is 25.1. The molecule has 0 saturated carbocycles. The number of esters is 2. The van der Waals surface area contributed by atoms with Crippen molar-refractivity contribution >= 4 is 17.9 Å². The largest absolute Gasteiger partial charge is 0.545 e. The molecule has 0 N–H and O–H groups in total. The lowest BCUT2D eigenvalue weighted by Crippen LogP contribution is -2.44. The number of aliphatic carboxylic acids is 1. The Kier molecular flexibility index (Phi) is 34.2. The Morgan fingerprint density at radius 1 is 0.558 bits per heavy atom. The van der Waals surface area contributed by atoms with E-state index in [9.17, 15) is 19.5 Å². The van der Waals surface area contributed by atoms with Crippen molar-refractivity contribution in [3.63, 3.8) is 0 Å². The molecule has 52 heavy (non-hydrogen) atoms. The van der Waals surface area contributed by atoms with Crippen LogP contribution in [-0.2, 0) is 33.3 Å². The van der Waals surface area contributed by atoms with E-state index >= 15 is 0 Å². The number of carboxylic acid groups (broad SMARTS) is 1. The minimum atomic E-state index is -1.62. The van der Waals surface area contributed by atoms with Crippen molar-refractivity contribution in [2.24, 2.45) is 0 Å². The maximum Gasteiger partial charge on any atom is 0.306 e. The van der Waals surface area contributed by atoms with Gasteiger partial charge in [-0.3, -0.25) is 9.59 Å². The van der Waals surface area contributed by atoms with E-state index in [2.05, 4.69) is 38.2 Å². The van der Waals surface area contributed by atoms with E-state index in [1.807, 2.05) is 21.1 Å². The van der Waals surface area contributed by atoms with E-state index in [-0.39, 0.29) is 38.6 Å². The highest BCUT2D eigenvalue weighted by molar-refractivity contribution is 5.70. The van der Waals surface area contributed by atoms with Crippen LogP contribution in [0.2, 0.25) is 0 Å². The van der Waals surface area contributed by atoms with Gasteiger partial charge in [0.2, 0.25) is 0 Å². The molecule has 0 aromatic heterocycles. The minimum Gasteiger partial charge on any atom is -0.545 e. The Morgan fingerprint density at radius 2 is 0.981 bits per heavy atom. The summed E-state index contributed by atoms with van der Waals surface area (Å²) in [6.07, 6.45) is 33.5. The van der Waals surface area contributed by atoms with Gasteiger partial charge in [0.1, 0.15) is 13.2 Å². The Morgan fingerprint density at radius 3 is 1.46 bits per heavy atom. The molecule has 0 bridgehead atoms. The van der Waals surface area contributed by atoms with Crippen LogP contribution in [0.3, 0.4) is 0 Å². The standard InChI is InChI=1S/C43H79NO8/c1-6-8-10-12-14-16-18-20-21-22-24-26-28-30-32-34-41(46)52-39(38-51-43(42(47)48)49-36-35-44(3,4)5)37-50-40(45)33-31-29-27-25-23-19-17-15-13-11-9-7-2/h15,17,20-21,39,43H,6-14,16,18-19,22-38H2,1-5H3/b17-15-,21-20-. The van der Waals surface area contributed by atoms with Crippen LogP contribution in [0.1, 0.15) is 174 Å². The van der Waals surface area contributed by atoms with Crippen LogP contribution in [0, 0.1) is 0 Å². The molecule has 0 heterocycles. The molecular weight excluding hydrogens is 658 g/mol. The van der Waals surface area contributed by atoms with Crippen LogP contribution in [0.15, 0.2) is 24.3 Å². The molecule has 0 aliphatic rings. The summed E-state index contributed by atoms with van der Waals surface area (Å²) in [5, 5.41) is 11.7. The van der Waals surface area contributed by atoms with Gasteiger partial charge in [-0.05, 0) is 64.2 Å². The number of hydrogen-bond donors (Lipinski definition) is 0. The third kappa shape index (κ3) is 36.1. The molecule has 0 saturated heterocycles. The van der Waals surface area contributed by atoms with Crippen LogP contribution in [0.25, 0.3) is 0 Å².